The van der Waals surface area contributed by atoms with Gasteiger partial charge < -0.3 is 4.74 Å². The van der Waals surface area contributed by atoms with Crippen LogP contribution in [0.15, 0.2) is 34.7 Å². The summed E-state index contributed by atoms with van der Waals surface area (Å²) in [5.41, 5.74) is 2.83. The molecule has 124 valence electrons. The van der Waals surface area contributed by atoms with E-state index in [0.717, 1.165) is 16.7 Å². The van der Waals surface area contributed by atoms with Gasteiger partial charge in [0.1, 0.15) is 10.6 Å². The van der Waals surface area contributed by atoms with E-state index in [9.17, 15) is 9.59 Å². The Kier molecular flexibility index (Phi) is 4.49. The number of rotatable bonds is 4. The number of esters is 1. The first-order valence-electron chi connectivity index (χ1n) is 7.67. The fourth-order valence-corrected chi connectivity index (χ4v) is 3.24. The Labute approximate surface area is 143 Å². The van der Waals surface area contributed by atoms with Gasteiger partial charge in [0.2, 0.25) is 0 Å². The minimum absolute atomic E-state index is 0.115. The average Bonchev–Trinajstić information content (AvgIpc) is 3.04. The van der Waals surface area contributed by atoms with Crippen molar-refractivity contribution in [3.8, 4) is 5.75 Å². The van der Waals surface area contributed by atoms with E-state index < -0.39 is 0 Å². The maximum Gasteiger partial charge on any atom is 0.313 e. The van der Waals surface area contributed by atoms with Crippen molar-refractivity contribution in [1.29, 1.82) is 0 Å². The van der Waals surface area contributed by atoms with Crippen molar-refractivity contribution in [2.24, 2.45) is 0 Å². The van der Waals surface area contributed by atoms with E-state index in [-0.39, 0.29) is 24.5 Å². The Balaban J connectivity index is 1.73. The zero-order chi connectivity index (χ0) is 17.3. The summed E-state index contributed by atoms with van der Waals surface area (Å²) in [5.74, 6) is 0.253. The first kappa shape index (κ1) is 16.4. The van der Waals surface area contributed by atoms with Gasteiger partial charge in [0, 0.05) is 6.54 Å². The van der Waals surface area contributed by atoms with Crippen molar-refractivity contribution in [2.75, 3.05) is 0 Å². The number of aryl methyl sites for hydroxylation is 3. The largest absolute Gasteiger partial charge is 0.426 e. The van der Waals surface area contributed by atoms with E-state index in [2.05, 4.69) is 4.98 Å². The van der Waals surface area contributed by atoms with Gasteiger partial charge in [-0.25, -0.2) is 4.98 Å². The normalized spacial score (nSPS) is 11.0. The van der Waals surface area contributed by atoms with Gasteiger partial charge in [0.15, 0.2) is 0 Å². The van der Waals surface area contributed by atoms with Crippen molar-refractivity contribution in [3.63, 3.8) is 0 Å². The SMILES string of the molecule is Cc1ccc(C)c(OC(=O)CCn2cnc3sccc3c2=O)c1C. The summed E-state index contributed by atoms with van der Waals surface area (Å²) in [4.78, 5) is 29.4. The zero-order valence-corrected chi connectivity index (χ0v) is 14.6. The second kappa shape index (κ2) is 6.57. The van der Waals surface area contributed by atoms with Gasteiger partial charge in [0.05, 0.1) is 18.1 Å². The van der Waals surface area contributed by atoms with Gasteiger partial charge in [-0.1, -0.05) is 12.1 Å². The molecule has 6 heteroatoms. The molecule has 0 aliphatic heterocycles. The van der Waals surface area contributed by atoms with Crippen LogP contribution in [-0.4, -0.2) is 15.5 Å². The fourth-order valence-electron chi connectivity index (χ4n) is 2.51. The number of nitrogens with zero attached hydrogens (tertiary/aromatic N) is 2. The van der Waals surface area contributed by atoms with Crippen LogP contribution in [0.3, 0.4) is 0 Å². The Morgan fingerprint density at radius 2 is 1.96 bits per heavy atom. The lowest BCUT2D eigenvalue weighted by molar-refractivity contribution is -0.134. The molecule has 0 saturated heterocycles. The highest BCUT2D eigenvalue weighted by Crippen LogP contribution is 2.26. The molecule has 0 fully saturated rings. The number of carbonyl (C=O) groups is 1. The van der Waals surface area contributed by atoms with Crippen LogP contribution in [0.25, 0.3) is 10.2 Å². The smallest absolute Gasteiger partial charge is 0.313 e. The van der Waals surface area contributed by atoms with Crippen molar-refractivity contribution in [2.45, 2.75) is 33.7 Å². The van der Waals surface area contributed by atoms with E-state index in [1.54, 1.807) is 6.07 Å². The number of fused-ring (bicyclic) bond motifs is 1. The third kappa shape index (κ3) is 3.10. The molecule has 24 heavy (non-hydrogen) atoms. The zero-order valence-electron chi connectivity index (χ0n) is 13.8. The third-order valence-corrected chi connectivity index (χ3v) is 4.92. The molecule has 1 aromatic carbocycles. The highest BCUT2D eigenvalue weighted by Gasteiger charge is 2.13. The Hall–Kier alpha value is -2.47. The molecule has 0 atom stereocenters. The summed E-state index contributed by atoms with van der Waals surface area (Å²) in [6.45, 7) is 6.08. The van der Waals surface area contributed by atoms with E-state index in [0.29, 0.717) is 16.0 Å². The maximum atomic E-state index is 12.3. The molecule has 2 heterocycles. The van der Waals surface area contributed by atoms with Gasteiger partial charge >= 0.3 is 5.97 Å². The Morgan fingerprint density at radius 3 is 2.75 bits per heavy atom. The van der Waals surface area contributed by atoms with E-state index >= 15 is 0 Å². The van der Waals surface area contributed by atoms with Crippen molar-refractivity contribution < 1.29 is 9.53 Å². The standard InChI is InChI=1S/C18H18N2O3S/c1-11-4-5-12(2)16(13(11)3)23-15(21)6-8-20-10-19-17-14(18(20)22)7-9-24-17/h4-5,7,9-10H,6,8H2,1-3H3. The maximum absolute atomic E-state index is 12.3. The number of ether oxygens (including phenoxy) is 1. The molecule has 0 unspecified atom stereocenters. The van der Waals surface area contributed by atoms with E-state index in [1.165, 1.54) is 22.2 Å². The molecule has 2 aromatic heterocycles. The molecule has 0 aliphatic carbocycles. The lowest BCUT2D eigenvalue weighted by Gasteiger charge is -2.12. The van der Waals surface area contributed by atoms with Gasteiger partial charge in [0.25, 0.3) is 5.56 Å². The van der Waals surface area contributed by atoms with Crippen LogP contribution in [0.4, 0.5) is 0 Å². The summed E-state index contributed by atoms with van der Waals surface area (Å²) >= 11 is 1.42. The number of hydrogen-bond donors (Lipinski definition) is 0. The van der Waals surface area contributed by atoms with Crippen LogP contribution in [0.1, 0.15) is 23.1 Å². The van der Waals surface area contributed by atoms with Crippen molar-refractivity contribution >= 4 is 27.5 Å². The topological polar surface area (TPSA) is 61.2 Å². The minimum Gasteiger partial charge on any atom is -0.426 e. The first-order chi connectivity index (χ1) is 11.5. The summed E-state index contributed by atoms with van der Waals surface area (Å²) in [5, 5.41) is 2.42. The fraction of sp³-hybridized carbons (Fsp3) is 0.278. The number of benzene rings is 1. The Morgan fingerprint density at radius 1 is 1.21 bits per heavy atom. The summed E-state index contributed by atoms with van der Waals surface area (Å²) in [7, 11) is 0. The molecule has 0 spiro atoms. The molecule has 0 radical (unpaired) electrons. The number of aromatic nitrogens is 2. The molecule has 3 aromatic rings. The summed E-state index contributed by atoms with van der Waals surface area (Å²) < 4.78 is 6.97. The quantitative estimate of drug-likeness (QED) is 0.539. The van der Waals surface area contributed by atoms with Crippen LogP contribution in [0, 0.1) is 20.8 Å². The predicted molar refractivity (Wildman–Crippen MR) is 94.8 cm³/mol. The van der Waals surface area contributed by atoms with E-state index in [4.69, 9.17) is 4.74 Å². The van der Waals surface area contributed by atoms with Crippen LogP contribution in [0.2, 0.25) is 0 Å². The lowest BCUT2D eigenvalue weighted by Crippen LogP contribution is -2.22. The van der Waals surface area contributed by atoms with Gasteiger partial charge in [-0.3, -0.25) is 14.2 Å². The second-order valence-corrected chi connectivity index (χ2v) is 6.65. The number of thiophene rings is 1. The molecule has 0 N–H and O–H groups in total. The predicted octanol–water partition coefficient (Wildman–Crippen LogP) is 3.38. The molecular weight excluding hydrogens is 324 g/mol. The molecule has 0 saturated carbocycles. The van der Waals surface area contributed by atoms with Crippen LogP contribution < -0.4 is 10.3 Å². The van der Waals surface area contributed by atoms with Crippen molar-refractivity contribution in [1.82, 2.24) is 9.55 Å². The third-order valence-electron chi connectivity index (χ3n) is 4.10. The first-order valence-corrected chi connectivity index (χ1v) is 8.55. The minimum atomic E-state index is -0.357. The molecule has 0 aliphatic rings. The Bertz CT molecular complexity index is 972. The molecular formula is C18H18N2O3S. The highest BCUT2D eigenvalue weighted by molar-refractivity contribution is 7.16. The molecule has 3 rings (SSSR count). The molecule has 0 amide bonds. The summed E-state index contributed by atoms with van der Waals surface area (Å²) in [6.07, 6.45) is 1.60. The second-order valence-electron chi connectivity index (χ2n) is 5.76. The van der Waals surface area contributed by atoms with Crippen LogP contribution in [-0.2, 0) is 11.3 Å². The summed E-state index contributed by atoms with van der Waals surface area (Å²) in [6, 6.07) is 5.69. The molecule has 5 nitrogen and oxygen atoms in total. The monoisotopic (exact) mass is 342 g/mol. The number of hydrogen-bond acceptors (Lipinski definition) is 5. The van der Waals surface area contributed by atoms with Crippen LogP contribution in [0.5, 0.6) is 5.75 Å². The van der Waals surface area contributed by atoms with E-state index in [1.807, 2.05) is 38.3 Å². The molecule has 0 bridgehead atoms. The number of carbonyl (C=O) groups excluding carboxylic acids is 1. The van der Waals surface area contributed by atoms with Crippen molar-refractivity contribution in [3.05, 3.63) is 57.0 Å². The van der Waals surface area contributed by atoms with Gasteiger partial charge in [-0.2, -0.15) is 0 Å². The lowest BCUT2D eigenvalue weighted by atomic mass is 10.1. The highest BCUT2D eigenvalue weighted by atomic mass is 32.1. The van der Waals surface area contributed by atoms with Gasteiger partial charge in [-0.15, -0.1) is 11.3 Å². The van der Waals surface area contributed by atoms with Crippen LogP contribution >= 0.6 is 11.3 Å². The van der Waals surface area contributed by atoms with Gasteiger partial charge in [-0.05, 0) is 48.9 Å². The average molecular weight is 342 g/mol.